The average molecular weight is 1160 g/mol. The molecule has 1 N–H and O–H groups in total. The number of hydrogen-bond acceptors (Lipinski definition) is 5. The zero-order valence-electron chi connectivity index (χ0n) is 49.8. The maximum atomic E-state index is 4.27. The number of benzene rings is 14. The summed E-state index contributed by atoms with van der Waals surface area (Å²) < 4.78 is 0. The minimum atomic E-state index is -0.181. The average Bonchev–Trinajstić information content (AvgIpc) is 0.700. The van der Waals surface area contributed by atoms with Gasteiger partial charge in [0.15, 0.2) is 0 Å². The van der Waals surface area contributed by atoms with Crippen LogP contribution in [0.3, 0.4) is 0 Å². The second kappa shape index (κ2) is 21.5. The lowest BCUT2D eigenvalue weighted by molar-refractivity contribution is 1.25. The maximum Gasteiger partial charge on any atom is 0.252 e. The molecule has 4 heterocycles. The van der Waals surface area contributed by atoms with Gasteiger partial charge in [-0.3, -0.25) is 0 Å². The van der Waals surface area contributed by atoms with Crippen molar-refractivity contribution in [2.45, 2.75) is 0 Å². The Labute approximate surface area is 531 Å². The molecule has 424 valence electrons. The fourth-order valence-corrected chi connectivity index (χ4v) is 15.2. The molecule has 14 aromatic carbocycles. The lowest BCUT2D eigenvalue weighted by atomic mass is 9.30. The first-order valence-corrected chi connectivity index (χ1v) is 31.5. The van der Waals surface area contributed by atoms with Crippen LogP contribution in [-0.2, 0) is 0 Å². The molecule has 0 aliphatic carbocycles. The standard InChI is InChI=1S/C84H57B2N5/c1-8-29-57(30-9-1)61-51-79-83-80(52-61)91(84-67(59-33-12-3-13-34-59)44-28-45-68(84)60-35-14-4-15-36-60)77-50-27-24-47-70(77)86(83)72-55-71-73(56-78(72)90(79)75-48-25-22-43-66(75)58-31-10-2-11-32-58)87-74-53-65(88(62-37-16-5-17-38-62)63-39-18-6-19-40-63)54-81-82(74)85(71)69-46-23-26-49-76(69)89(81)64-41-20-7-21-42-64/h1-56,87H. The molecule has 0 saturated carbocycles. The minimum Gasteiger partial charge on any atom is -0.356 e. The summed E-state index contributed by atoms with van der Waals surface area (Å²) >= 11 is 0. The van der Waals surface area contributed by atoms with Crippen LogP contribution in [-0.4, -0.2) is 13.4 Å². The highest BCUT2D eigenvalue weighted by Gasteiger charge is 2.48. The van der Waals surface area contributed by atoms with Gasteiger partial charge in [-0.1, -0.05) is 255 Å². The molecular formula is C84H57B2N5. The van der Waals surface area contributed by atoms with Crippen molar-refractivity contribution >= 4 is 126 Å². The van der Waals surface area contributed by atoms with Gasteiger partial charge in [0.05, 0.1) is 17.1 Å². The van der Waals surface area contributed by atoms with E-state index in [2.05, 4.69) is 365 Å². The van der Waals surface area contributed by atoms with Gasteiger partial charge in [-0.05, 0) is 146 Å². The molecule has 18 rings (SSSR count). The summed E-state index contributed by atoms with van der Waals surface area (Å²) in [4.78, 5) is 10.1. The number of nitrogens with one attached hydrogen (secondary N) is 1. The van der Waals surface area contributed by atoms with Crippen molar-refractivity contribution in [3.8, 4) is 44.5 Å². The molecule has 14 aromatic rings. The number of para-hydroxylation sites is 7. The highest BCUT2D eigenvalue weighted by molar-refractivity contribution is 7.03. The summed E-state index contributed by atoms with van der Waals surface area (Å²) in [6, 6.07) is 125. The lowest BCUT2D eigenvalue weighted by Crippen LogP contribution is -2.64. The summed E-state index contributed by atoms with van der Waals surface area (Å²) in [6.45, 7) is -0.313. The van der Waals surface area contributed by atoms with Gasteiger partial charge < -0.3 is 24.9 Å². The van der Waals surface area contributed by atoms with E-state index >= 15 is 0 Å². The largest absolute Gasteiger partial charge is 0.356 e. The number of fused-ring (bicyclic) bond motifs is 8. The van der Waals surface area contributed by atoms with Crippen molar-refractivity contribution in [3.05, 3.63) is 340 Å². The molecule has 0 saturated heterocycles. The molecule has 7 heteroatoms. The summed E-state index contributed by atoms with van der Waals surface area (Å²) in [6.07, 6.45) is 0. The van der Waals surface area contributed by atoms with Crippen molar-refractivity contribution in [3.63, 3.8) is 0 Å². The Bertz CT molecular complexity index is 5010. The normalized spacial score (nSPS) is 12.8. The van der Waals surface area contributed by atoms with E-state index in [1.165, 1.54) is 32.8 Å². The van der Waals surface area contributed by atoms with Crippen LogP contribution in [0.5, 0.6) is 0 Å². The predicted octanol–water partition coefficient (Wildman–Crippen LogP) is 18.3. The van der Waals surface area contributed by atoms with Gasteiger partial charge in [0.2, 0.25) is 0 Å². The van der Waals surface area contributed by atoms with Gasteiger partial charge in [-0.25, -0.2) is 0 Å². The van der Waals surface area contributed by atoms with Crippen LogP contribution < -0.4 is 57.7 Å². The van der Waals surface area contributed by atoms with Crippen molar-refractivity contribution in [2.75, 3.05) is 24.9 Å². The molecule has 5 nitrogen and oxygen atoms in total. The number of anilines is 14. The Kier molecular flexibility index (Phi) is 12.4. The molecule has 0 aromatic heterocycles. The Balaban J connectivity index is 0.947. The third-order valence-electron chi connectivity index (χ3n) is 19.0. The van der Waals surface area contributed by atoms with Gasteiger partial charge in [-0.2, -0.15) is 0 Å². The zero-order valence-corrected chi connectivity index (χ0v) is 49.8. The van der Waals surface area contributed by atoms with Gasteiger partial charge in [0, 0.05) is 79.3 Å². The van der Waals surface area contributed by atoms with Crippen LogP contribution in [0.25, 0.3) is 44.5 Å². The van der Waals surface area contributed by atoms with Gasteiger partial charge in [0.1, 0.15) is 0 Å². The molecule has 91 heavy (non-hydrogen) atoms. The van der Waals surface area contributed by atoms with Crippen LogP contribution >= 0.6 is 0 Å². The van der Waals surface area contributed by atoms with Crippen LogP contribution in [0.2, 0.25) is 0 Å². The van der Waals surface area contributed by atoms with Gasteiger partial charge >= 0.3 is 0 Å². The highest BCUT2D eigenvalue weighted by Crippen LogP contribution is 2.53. The van der Waals surface area contributed by atoms with Crippen LogP contribution in [0.1, 0.15) is 0 Å². The highest BCUT2D eigenvalue weighted by atomic mass is 15.2. The predicted molar refractivity (Wildman–Crippen MR) is 386 cm³/mol. The molecule has 0 spiro atoms. The summed E-state index contributed by atoms with van der Waals surface area (Å²) in [7, 11) is 0. The molecule has 0 atom stereocenters. The van der Waals surface area contributed by atoms with E-state index < -0.39 is 0 Å². The Morgan fingerprint density at radius 3 is 1.26 bits per heavy atom. The van der Waals surface area contributed by atoms with E-state index in [9.17, 15) is 0 Å². The second-order valence-electron chi connectivity index (χ2n) is 24.0. The third kappa shape index (κ3) is 8.50. The molecule has 4 aliphatic rings. The lowest BCUT2D eigenvalue weighted by Gasteiger charge is -2.46. The molecular weight excluding hydrogens is 1100 g/mol. The molecule has 0 unspecified atom stereocenters. The summed E-state index contributed by atoms with van der Waals surface area (Å²) in [5.41, 5.74) is 32.3. The smallest absolute Gasteiger partial charge is 0.252 e. The molecule has 0 radical (unpaired) electrons. The number of rotatable bonds is 10. The molecule has 0 fully saturated rings. The van der Waals surface area contributed by atoms with Crippen molar-refractivity contribution in [2.24, 2.45) is 0 Å². The minimum absolute atomic E-state index is 0.133. The SMILES string of the molecule is c1ccc(-c2cc3c4c(c2)N(c2c(-c5ccccc5)cccc2-c2ccccc2)c2ccccc2B4c2cc4c(cc2N3c2ccccc2-c2ccccc2)Nc2cc(N(c3ccccc3)c3ccccc3)cc3c2B4c2ccccc2N3c2ccccc2)cc1. The topological polar surface area (TPSA) is 25.0 Å². The second-order valence-corrected chi connectivity index (χ2v) is 24.0. The van der Waals surface area contributed by atoms with Crippen LogP contribution in [0.15, 0.2) is 340 Å². The van der Waals surface area contributed by atoms with Crippen molar-refractivity contribution < 1.29 is 0 Å². The fourth-order valence-electron chi connectivity index (χ4n) is 15.2. The first-order chi connectivity index (χ1) is 45.2. The Morgan fingerprint density at radius 1 is 0.242 bits per heavy atom. The van der Waals surface area contributed by atoms with E-state index in [4.69, 9.17) is 0 Å². The number of hydrogen-bond donors (Lipinski definition) is 1. The van der Waals surface area contributed by atoms with Gasteiger partial charge in [-0.15, -0.1) is 0 Å². The first-order valence-electron chi connectivity index (χ1n) is 31.5. The van der Waals surface area contributed by atoms with Crippen molar-refractivity contribution in [1.29, 1.82) is 0 Å². The molecule has 0 amide bonds. The first kappa shape index (κ1) is 52.3. The molecule has 4 aliphatic heterocycles. The fraction of sp³-hybridized carbons (Fsp3) is 0. The molecule has 0 bridgehead atoms. The quantitative estimate of drug-likeness (QED) is 0.138. The van der Waals surface area contributed by atoms with E-state index in [0.29, 0.717) is 0 Å². The third-order valence-corrected chi connectivity index (χ3v) is 19.0. The summed E-state index contributed by atoms with van der Waals surface area (Å²) in [5.74, 6) is 0. The van der Waals surface area contributed by atoms with Crippen molar-refractivity contribution in [1.82, 2.24) is 0 Å². The van der Waals surface area contributed by atoms with E-state index in [1.807, 2.05) is 0 Å². The Morgan fingerprint density at radius 2 is 0.681 bits per heavy atom. The van der Waals surface area contributed by atoms with E-state index in [1.54, 1.807) is 0 Å². The van der Waals surface area contributed by atoms with Crippen LogP contribution in [0.4, 0.5) is 79.6 Å². The monoisotopic (exact) mass is 1160 g/mol. The van der Waals surface area contributed by atoms with E-state index in [0.717, 1.165) is 124 Å². The Hall–Kier alpha value is -11.8. The van der Waals surface area contributed by atoms with Gasteiger partial charge in [0.25, 0.3) is 13.4 Å². The van der Waals surface area contributed by atoms with Crippen LogP contribution in [0, 0.1) is 0 Å². The zero-order chi connectivity index (χ0) is 59.9. The maximum absolute atomic E-state index is 4.27. The van der Waals surface area contributed by atoms with E-state index in [-0.39, 0.29) is 13.4 Å². The number of nitrogens with zero attached hydrogens (tertiary/aromatic N) is 4. The summed E-state index contributed by atoms with van der Waals surface area (Å²) in [5, 5.41) is 4.27.